The Morgan fingerprint density at radius 1 is 1.27 bits per heavy atom. The van der Waals surface area contributed by atoms with Crippen molar-refractivity contribution in [3.63, 3.8) is 0 Å². The molecule has 84 valence electrons. The number of imidazole rings is 1. The second-order valence-corrected chi connectivity index (χ2v) is 4.33. The minimum atomic E-state index is 0.440. The zero-order valence-corrected chi connectivity index (χ0v) is 9.18. The van der Waals surface area contributed by atoms with E-state index in [2.05, 4.69) is 14.5 Å². The Balaban J connectivity index is 1.62. The van der Waals surface area contributed by atoms with Gasteiger partial charge in [0.05, 0.1) is 6.33 Å². The highest BCUT2D eigenvalue weighted by Crippen LogP contribution is 2.08. The van der Waals surface area contributed by atoms with Crippen LogP contribution in [0.4, 0.5) is 0 Å². The maximum atomic E-state index is 5.86. The quantitative estimate of drug-likeness (QED) is 0.792. The van der Waals surface area contributed by atoms with Gasteiger partial charge >= 0.3 is 0 Å². The van der Waals surface area contributed by atoms with Gasteiger partial charge < -0.3 is 15.2 Å². The molecule has 0 saturated carbocycles. The summed E-state index contributed by atoms with van der Waals surface area (Å²) in [5.41, 5.74) is 5.86. The standard InChI is InChI=1S/C11H20N4/c12-11-2-7-14(8-3-11)5-1-6-15-9-4-13-10-15/h4,9-11H,1-3,5-8,12H2. The second-order valence-electron chi connectivity index (χ2n) is 4.33. The van der Waals surface area contributed by atoms with Crippen LogP contribution in [0.5, 0.6) is 0 Å². The fraction of sp³-hybridized carbons (Fsp3) is 0.727. The molecule has 0 amide bonds. The first-order valence-electron chi connectivity index (χ1n) is 5.78. The molecule has 1 aliphatic heterocycles. The van der Waals surface area contributed by atoms with Crippen LogP contribution in [0.25, 0.3) is 0 Å². The van der Waals surface area contributed by atoms with E-state index in [0.717, 1.165) is 19.4 Å². The molecule has 15 heavy (non-hydrogen) atoms. The van der Waals surface area contributed by atoms with Crippen molar-refractivity contribution in [1.29, 1.82) is 0 Å². The summed E-state index contributed by atoms with van der Waals surface area (Å²) in [5.74, 6) is 0. The number of hydrogen-bond donors (Lipinski definition) is 1. The summed E-state index contributed by atoms with van der Waals surface area (Å²) in [6.07, 6.45) is 9.25. The van der Waals surface area contributed by atoms with Crippen molar-refractivity contribution in [2.45, 2.75) is 31.8 Å². The van der Waals surface area contributed by atoms with Gasteiger partial charge in [0.2, 0.25) is 0 Å². The predicted molar refractivity (Wildman–Crippen MR) is 60.5 cm³/mol. The fourth-order valence-electron chi connectivity index (χ4n) is 2.07. The van der Waals surface area contributed by atoms with Gasteiger partial charge in [0.25, 0.3) is 0 Å². The maximum Gasteiger partial charge on any atom is 0.0945 e. The second kappa shape index (κ2) is 5.28. The first kappa shape index (κ1) is 10.6. The number of nitrogens with zero attached hydrogens (tertiary/aromatic N) is 3. The molecule has 0 aliphatic carbocycles. The third-order valence-electron chi connectivity index (χ3n) is 3.08. The van der Waals surface area contributed by atoms with Crippen molar-refractivity contribution >= 4 is 0 Å². The molecule has 1 fully saturated rings. The minimum Gasteiger partial charge on any atom is -0.337 e. The summed E-state index contributed by atoms with van der Waals surface area (Å²) in [5, 5.41) is 0. The summed E-state index contributed by atoms with van der Waals surface area (Å²) in [6, 6.07) is 0.440. The number of nitrogens with two attached hydrogens (primary N) is 1. The zero-order chi connectivity index (χ0) is 10.5. The van der Waals surface area contributed by atoms with Crippen LogP contribution in [0.1, 0.15) is 19.3 Å². The van der Waals surface area contributed by atoms with Crippen LogP contribution in [0.3, 0.4) is 0 Å². The molecule has 2 rings (SSSR count). The Bertz CT molecular complexity index is 262. The van der Waals surface area contributed by atoms with Crippen LogP contribution < -0.4 is 5.73 Å². The highest BCUT2D eigenvalue weighted by atomic mass is 15.1. The first-order chi connectivity index (χ1) is 7.34. The van der Waals surface area contributed by atoms with E-state index in [1.165, 1.54) is 26.1 Å². The van der Waals surface area contributed by atoms with Gasteiger partial charge in [0.1, 0.15) is 0 Å². The largest absolute Gasteiger partial charge is 0.337 e. The van der Waals surface area contributed by atoms with Crippen molar-refractivity contribution < 1.29 is 0 Å². The highest BCUT2D eigenvalue weighted by Gasteiger charge is 2.14. The number of likely N-dealkylation sites (tertiary alicyclic amines) is 1. The topological polar surface area (TPSA) is 47.1 Å². The minimum absolute atomic E-state index is 0.440. The van der Waals surface area contributed by atoms with Crippen molar-refractivity contribution in [1.82, 2.24) is 14.5 Å². The third-order valence-corrected chi connectivity index (χ3v) is 3.08. The molecule has 1 aromatic heterocycles. The van der Waals surface area contributed by atoms with Gasteiger partial charge in [-0.2, -0.15) is 0 Å². The normalized spacial score (nSPS) is 19.5. The lowest BCUT2D eigenvalue weighted by atomic mass is 10.1. The average Bonchev–Trinajstić information content (AvgIpc) is 2.74. The maximum absolute atomic E-state index is 5.86. The summed E-state index contributed by atoms with van der Waals surface area (Å²) in [6.45, 7) is 4.60. The lowest BCUT2D eigenvalue weighted by Crippen LogP contribution is -2.40. The SMILES string of the molecule is NC1CCN(CCCn2ccnc2)CC1. The summed E-state index contributed by atoms with van der Waals surface area (Å²) in [4.78, 5) is 6.54. The Hall–Kier alpha value is -0.870. The molecule has 0 radical (unpaired) electrons. The molecule has 1 saturated heterocycles. The lowest BCUT2D eigenvalue weighted by molar-refractivity contribution is 0.208. The van der Waals surface area contributed by atoms with Gasteiger partial charge in [-0.15, -0.1) is 0 Å². The third kappa shape index (κ3) is 3.32. The molecule has 4 nitrogen and oxygen atoms in total. The number of aryl methyl sites for hydroxylation is 1. The van der Waals surface area contributed by atoms with Gasteiger partial charge in [-0.3, -0.25) is 0 Å². The van der Waals surface area contributed by atoms with E-state index < -0.39 is 0 Å². The molecule has 0 atom stereocenters. The Labute approximate surface area is 91.1 Å². The number of rotatable bonds is 4. The Morgan fingerprint density at radius 2 is 2.07 bits per heavy atom. The van der Waals surface area contributed by atoms with E-state index in [9.17, 15) is 0 Å². The summed E-state index contributed by atoms with van der Waals surface area (Å²) in [7, 11) is 0. The zero-order valence-electron chi connectivity index (χ0n) is 9.18. The average molecular weight is 208 g/mol. The Kier molecular flexibility index (Phi) is 3.75. The van der Waals surface area contributed by atoms with E-state index in [0.29, 0.717) is 6.04 Å². The lowest BCUT2D eigenvalue weighted by Gasteiger charge is -2.29. The highest BCUT2D eigenvalue weighted by molar-refractivity contribution is 4.76. The molecule has 1 aromatic rings. The van der Waals surface area contributed by atoms with Crippen LogP contribution in [0, 0.1) is 0 Å². The van der Waals surface area contributed by atoms with Crippen molar-refractivity contribution in [3.05, 3.63) is 18.7 Å². The molecule has 4 heteroatoms. The van der Waals surface area contributed by atoms with Crippen LogP contribution in [0.15, 0.2) is 18.7 Å². The van der Waals surface area contributed by atoms with Crippen molar-refractivity contribution in [2.75, 3.05) is 19.6 Å². The van der Waals surface area contributed by atoms with Crippen LogP contribution in [-0.4, -0.2) is 40.1 Å². The van der Waals surface area contributed by atoms with E-state index >= 15 is 0 Å². The van der Waals surface area contributed by atoms with Gasteiger partial charge in [-0.1, -0.05) is 0 Å². The molecule has 0 aromatic carbocycles. The first-order valence-corrected chi connectivity index (χ1v) is 5.78. The van der Waals surface area contributed by atoms with Crippen molar-refractivity contribution in [3.8, 4) is 0 Å². The number of piperidine rings is 1. The summed E-state index contributed by atoms with van der Waals surface area (Å²) >= 11 is 0. The van der Waals surface area contributed by atoms with Crippen LogP contribution >= 0.6 is 0 Å². The van der Waals surface area contributed by atoms with E-state index in [1.54, 1.807) is 0 Å². The van der Waals surface area contributed by atoms with Crippen molar-refractivity contribution in [2.24, 2.45) is 5.73 Å². The van der Waals surface area contributed by atoms with Crippen LogP contribution in [0.2, 0.25) is 0 Å². The van der Waals surface area contributed by atoms with Gasteiger partial charge in [0.15, 0.2) is 0 Å². The summed E-state index contributed by atoms with van der Waals surface area (Å²) < 4.78 is 2.13. The molecule has 2 heterocycles. The molecular weight excluding hydrogens is 188 g/mol. The fourth-order valence-corrected chi connectivity index (χ4v) is 2.07. The number of aromatic nitrogens is 2. The molecule has 0 spiro atoms. The molecule has 2 N–H and O–H groups in total. The monoisotopic (exact) mass is 208 g/mol. The predicted octanol–water partition coefficient (Wildman–Crippen LogP) is 0.696. The van der Waals surface area contributed by atoms with Gasteiger partial charge in [0, 0.05) is 25.0 Å². The van der Waals surface area contributed by atoms with E-state index in [1.807, 2.05) is 18.7 Å². The molecule has 0 unspecified atom stereocenters. The molecular formula is C11H20N4. The van der Waals surface area contributed by atoms with Gasteiger partial charge in [-0.25, -0.2) is 4.98 Å². The van der Waals surface area contributed by atoms with Crippen LogP contribution in [-0.2, 0) is 6.54 Å². The number of hydrogen-bond acceptors (Lipinski definition) is 3. The van der Waals surface area contributed by atoms with E-state index in [-0.39, 0.29) is 0 Å². The molecule has 0 bridgehead atoms. The smallest absolute Gasteiger partial charge is 0.0945 e. The Morgan fingerprint density at radius 3 is 2.73 bits per heavy atom. The molecule has 1 aliphatic rings. The van der Waals surface area contributed by atoms with E-state index in [4.69, 9.17) is 5.73 Å². The van der Waals surface area contributed by atoms with Gasteiger partial charge in [-0.05, 0) is 38.9 Å².